The molecule has 118 valence electrons. The SMILES string of the molecule is CCCCCCCCCCC1(CCCCC)OC=CO1. The predicted octanol–water partition coefficient (Wildman–Crippen LogP) is 6.31. The highest BCUT2D eigenvalue weighted by molar-refractivity contribution is 4.83. The highest BCUT2D eigenvalue weighted by atomic mass is 16.7. The summed E-state index contributed by atoms with van der Waals surface area (Å²) in [5, 5.41) is 0. The summed E-state index contributed by atoms with van der Waals surface area (Å²) < 4.78 is 11.5. The minimum Gasteiger partial charge on any atom is -0.457 e. The van der Waals surface area contributed by atoms with Crippen LogP contribution in [0.4, 0.5) is 0 Å². The lowest BCUT2D eigenvalue weighted by atomic mass is 9.99. The Morgan fingerprint density at radius 2 is 1.00 bits per heavy atom. The lowest BCUT2D eigenvalue weighted by molar-refractivity contribution is -0.153. The van der Waals surface area contributed by atoms with Crippen LogP contribution >= 0.6 is 0 Å². The Labute approximate surface area is 125 Å². The van der Waals surface area contributed by atoms with Gasteiger partial charge in [0.1, 0.15) is 12.5 Å². The van der Waals surface area contributed by atoms with Crippen molar-refractivity contribution in [2.75, 3.05) is 0 Å². The molecule has 0 N–H and O–H groups in total. The van der Waals surface area contributed by atoms with Gasteiger partial charge in [0.15, 0.2) is 0 Å². The molecule has 20 heavy (non-hydrogen) atoms. The molecular weight excluding hydrogens is 248 g/mol. The first-order valence-corrected chi connectivity index (χ1v) is 8.83. The Balaban J connectivity index is 2.04. The molecule has 0 amide bonds. The summed E-state index contributed by atoms with van der Waals surface area (Å²) in [6, 6.07) is 0. The van der Waals surface area contributed by atoms with Gasteiger partial charge in [0.25, 0.3) is 0 Å². The molecule has 0 aromatic heterocycles. The first kappa shape index (κ1) is 17.4. The van der Waals surface area contributed by atoms with Crippen LogP contribution in [-0.2, 0) is 9.47 Å². The van der Waals surface area contributed by atoms with E-state index in [2.05, 4.69) is 13.8 Å². The summed E-state index contributed by atoms with van der Waals surface area (Å²) in [6.07, 6.45) is 20.1. The average Bonchev–Trinajstić information content (AvgIpc) is 2.91. The van der Waals surface area contributed by atoms with E-state index >= 15 is 0 Å². The van der Waals surface area contributed by atoms with Gasteiger partial charge in [0.2, 0.25) is 5.79 Å². The molecule has 0 unspecified atom stereocenters. The van der Waals surface area contributed by atoms with Gasteiger partial charge in [-0.2, -0.15) is 0 Å². The Kier molecular flexibility index (Phi) is 9.61. The highest BCUT2D eigenvalue weighted by Crippen LogP contribution is 2.32. The van der Waals surface area contributed by atoms with Crippen molar-refractivity contribution < 1.29 is 9.47 Å². The van der Waals surface area contributed by atoms with E-state index < -0.39 is 0 Å². The molecule has 0 fully saturated rings. The minimum atomic E-state index is -0.322. The van der Waals surface area contributed by atoms with Gasteiger partial charge in [0, 0.05) is 12.8 Å². The summed E-state index contributed by atoms with van der Waals surface area (Å²) >= 11 is 0. The third-order valence-electron chi connectivity index (χ3n) is 4.19. The van der Waals surface area contributed by atoms with Crippen molar-refractivity contribution in [3.8, 4) is 0 Å². The van der Waals surface area contributed by atoms with Crippen LogP contribution < -0.4 is 0 Å². The van der Waals surface area contributed by atoms with Gasteiger partial charge >= 0.3 is 0 Å². The quantitative estimate of drug-likeness (QED) is 0.368. The van der Waals surface area contributed by atoms with Crippen LogP contribution in [-0.4, -0.2) is 5.79 Å². The van der Waals surface area contributed by atoms with Gasteiger partial charge in [-0.15, -0.1) is 0 Å². The van der Waals surface area contributed by atoms with E-state index in [1.807, 2.05) is 0 Å². The van der Waals surface area contributed by atoms with Gasteiger partial charge in [-0.25, -0.2) is 0 Å². The zero-order chi connectivity index (χ0) is 14.5. The fraction of sp³-hybridized carbons (Fsp3) is 0.889. The molecule has 0 radical (unpaired) electrons. The van der Waals surface area contributed by atoms with Crippen LogP contribution in [0.2, 0.25) is 0 Å². The van der Waals surface area contributed by atoms with E-state index in [0.717, 1.165) is 12.8 Å². The Bertz CT molecular complexity index is 240. The Morgan fingerprint density at radius 3 is 1.55 bits per heavy atom. The largest absolute Gasteiger partial charge is 0.457 e. The molecule has 1 rings (SSSR count). The van der Waals surface area contributed by atoms with Gasteiger partial charge in [-0.05, 0) is 12.8 Å². The van der Waals surface area contributed by atoms with E-state index in [0.29, 0.717) is 0 Å². The Morgan fingerprint density at radius 1 is 0.600 bits per heavy atom. The topological polar surface area (TPSA) is 18.5 Å². The van der Waals surface area contributed by atoms with Crippen LogP contribution in [0, 0.1) is 0 Å². The molecule has 1 aliphatic rings. The maximum absolute atomic E-state index is 5.74. The van der Waals surface area contributed by atoms with Crippen molar-refractivity contribution in [2.45, 2.75) is 103 Å². The standard InChI is InChI=1S/C18H34O2/c1-3-5-7-8-9-10-11-13-15-18(14-12-6-4-2)19-16-17-20-18/h16-17H,3-15H2,1-2H3. The van der Waals surface area contributed by atoms with Crippen LogP contribution in [0.1, 0.15) is 97.3 Å². The van der Waals surface area contributed by atoms with Crippen LogP contribution in [0.3, 0.4) is 0 Å². The molecule has 0 spiro atoms. The fourth-order valence-electron chi connectivity index (χ4n) is 2.86. The maximum Gasteiger partial charge on any atom is 0.249 e. The van der Waals surface area contributed by atoms with Crippen molar-refractivity contribution in [2.24, 2.45) is 0 Å². The van der Waals surface area contributed by atoms with Gasteiger partial charge < -0.3 is 9.47 Å². The van der Waals surface area contributed by atoms with Crippen molar-refractivity contribution in [1.82, 2.24) is 0 Å². The molecule has 1 heterocycles. The van der Waals surface area contributed by atoms with Gasteiger partial charge in [-0.1, -0.05) is 71.6 Å². The minimum absolute atomic E-state index is 0.322. The number of ether oxygens (including phenoxy) is 2. The van der Waals surface area contributed by atoms with E-state index in [1.54, 1.807) is 12.5 Å². The van der Waals surface area contributed by atoms with Crippen LogP contribution in [0.5, 0.6) is 0 Å². The van der Waals surface area contributed by atoms with Crippen molar-refractivity contribution in [3.63, 3.8) is 0 Å². The monoisotopic (exact) mass is 282 g/mol. The smallest absolute Gasteiger partial charge is 0.249 e. The van der Waals surface area contributed by atoms with E-state index in [9.17, 15) is 0 Å². The normalized spacial score (nSPS) is 16.1. The highest BCUT2D eigenvalue weighted by Gasteiger charge is 2.34. The summed E-state index contributed by atoms with van der Waals surface area (Å²) in [6.45, 7) is 4.51. The molecule has 0 aromatic rings. The lowest BCUT2D eigenvalue weighted by Gasteiger charge is -2.27. The Hall–Kier alpha value is -0.660. The molecule has 0 atom stereocenters. The van der Waals surface area contributed by atoms with Gasteiger partial charge in [0.05, 0.1) is 0 Å². The lowest BCUT2D eigenvalue weighted by Crippen LogP contribution is -2.29. The number of hydrogen-bond donors (Lipinski definition) is 0. The second kappa shape index (κ2) is 11.0. The number of hydrogen-bond acceptors (Lipinski definition) is 2. The first-order valence-electron chi connectivity index (χ1n) is 8.83. The molecule has 0 aromatic carbocycles. The third kappa shape index (κ3) is 7.21. The van der Waals surface area contributed by atoms with Crippen molar-refractivity contribution in [1.29, 1.82) is 0 Å². The molecule has 2 nitrogen and oxygen atoms in total. The average molecular weight is 282 g/mol. The summed E-state index contributed by atoms with van der Waals surface area (Å²) in [4.78, 5) is 0. The first-order chi connectivity index (χ1) is 9.83. The third-order valence-corrected chi connectivity index (χ3v) is 4.19. The zero-order valence-electron chi connectivity index (χ0n) is 13.7. The molecular formula is C18H34O2. The van der Waals surface area contributed by atoms with Gasteiger partial charge in [-0.3, -0.25) is 0 Å². The summed E-state index contributed by atoms with van der Waals surface area (Å²) in [5.41, 5.74) is 0. The second-order valence-corrected chi connectivity index (χ2v) is 6.10. The van der Waals surface area contributed by atoms with E-state index in [1.165, 1.54) is 70.6 Å². The summed E-state index contributed by atoms with van der Waals surface area (Å²) in [5.74, 6) is -0.322. The van der Waals surface area contributed by atoms with Crippen molar-refractivity contribution >= 4 is 0 Å². The second-order valence-electron chi connectivity index (χ2n) is 6.10. The molecule has 0 saturated heterocycles. The fourth-order valence-corrected chi connectivity index (χ4v) is 2.86. The molecule has 0 aliphatic carbocycles. The number of rotatable bonds is 13. The zero-order valence-corrected chi connectivity index (χ0v) is 13.7. The van der Waals surface area contributed by atoms with Crippen LogP contribution in [0.15, 0.2) is 12.5 Å². The van der Waals surface area contributed by atoms with Crippen LogP contribution in [0.25, 0.3) is 0 Å². The van der Waals surface area contributed by atoms with Crippen molar-refractivity contribution in [3.05, 3.63) is 12.5 Å². The molecule has 1 aliphatic heterocycles. The summed E-state index contributed by atoms with van der Waals surface area (Å²) in [7, 11) is 0. The van der Waals surface area contributed by atoms with E-state index in [4.69, 9.17) is 9.47 Å². The molecule has 0 saturated carbocycles. The maximum atomic E-state index is 5.74. The molecule has 0 bridgehead atoms. The predicted molar refractivity (Wildman–Crippen MR) is 85.4 cm³/mol. The molecule has 2 heteroatoms. The van der Waals surface area contributed by atoms with E-state index in [-0.39, 0.29) is 5.79 Å². The number of unbranched alkanes of at least 4 members (excludes halogenated alkanes) is 9.